The van der Waals surface area contributed by atoms with Crippen LogP contribution in [0.3, 0.4) is 0 Å². The Morgan fingerprint density at radius 1 is 1.31 bits per heavy atom. The van der Waals surface area contributed by atoms with Crippen LogP contribution >= 0.6 is 22.9 Å². The monoisotopic (exact) mass is 394 g/mol. The maximum absolute atomic E-state index is 12.3. The van der Waals surface area contributed by atoms with Crippen molar-refractivity contribution in [2.45, 2.75) is 13.0 Å². The van der Waals surface area contributed by atoms with E-state index in [9.17, 15) is 9.59 Å². The summed E-state index contributed by atoms with van der Waals surface area (Å²) in [5.41, 5.74) is 0.453. The topological polar surface area (TPSA) is 97.6 Å². The number of nitriles is 1. The zero-order chi connectivity index (χ0) is 19.3. The molecular weight excluding hydrogens is 380 g/mol. The van der Waals surface area contributed by atoms with Gasteiger partial charge in [0, 0.05) is 0 Å². The van der Waals surface area contributed by atoms with Gasteiger partial charge in [0.05, 0.1) is 30.4 Å². The maximum Gasteiger partial charge on any atom is 0.339 e. The molecule has 0 saturated heterocycles. The van der Waals surface area contributed by atoms with E-state index < -0.39 is 18.0 Å². The Morgan fingerprint density at radius 2 is 2.04 bits per heavy atom. The summed E-state index contributed by atoms with van der Waals surface area (Å²) in [4.78, 5) is 24.5. The van der Waals surface area contributed by atoms with E-state index in [1.54, 1.807) is 11.4 Å². The summed E-state index contributed by atoms with van der Waals surface area (Å²) >= 11 is 7.27. The number of hydrogen-bond donors (Lipinski definition) is 1. The van der Waals surface area contributed by atoms with Gasteiger partial charge in [0.15, 0.2) is 17.6 Å². The van der Waals surface area contributed by atoms with E-state index >= 15 is 0 Å². The molecule has 2 aromatic rings. The summed E-state index contributed by atoms with van der Waals surface area (Å²) in [6.07, 6.45) is -1.08. The van der Waals surface area contributed by atoms with Crippen LogP contribution in [0.15, 0.2) is 23.6 Å². The van der Waals surface area contributed by atoms with Crippen LogP contribution in [0, 0.1) is 11.3 Å². The molecule has 0 radical (unpaired) electrons. The molecule has 1 N–H and O–H groups in total. The average Bonchev–Trinajstić information content (AvgIpc) is 3.07. The first-order valence-corrected chi connectivity index (χ1v) is 8.58. The molecule has 7 nitrogen and oxygen atoms in total. The third kappa shape index (κ3) is 4.25. The second kappa shape index (κ2) is 8.56. The fourth-order valence-electron chi connectivity index (χ4n) is 2.03. The van der Waals surface area contributed by atoms with Gasteiger partial charge in [-0.15, -0.1) is 11.3 Å². The predicted molar refractivity (Wildman–Crippen MR) is 97.1 cm³/mol. The van der Waals surface area contributed by atoms with Crippen molar-refractivity contribution in [3.8, 4) is 17.6 Å². The number of nitrogens with one attached hydrogen (secondary N) is 1. The lowest BCUT2D eigenvalue weighted by molar-refractivity contribution is -0.123. The van der Waals surface area contributed by atoms with Crippen LogP contribution in [0.25, 0.3) is 0 Å². The molecule has 0 unspecified atom stereocenters. The number of methoxy groups -OCH3 is 2. The quantitative estimate of drug-likeness (QED) is 0.753. The molecule has 136 valence electrons. The zero-order valence-electron chi connectivity index (χ0n) is 14.2. The molecule has 0 aliphatic rings. The Hall–Kier alpha value is -2.76. The first kappa shape index (κ1) is 19.6. The molecule has 1 atom stereocenters. The number of hydrogen-bond acceptors (Lipinski definition) is 7. The van der Waals surface area contributed by atoms with Gasteiger partial charge in [0.1, 0.15) is 11.1 Å². The van der Waals surface area contributed by atoms with Gasteiger partial charge in [-0.2, -0.15) is 5.26 Å². The molecule has 1 heterocycles. The minimum atomic E-state index is -1.08. The summed E-state index contributed by atoms with van der Waals surface area (Å²) < 4.78 is 15.4. The van der Waals surface area contributed by atoms with Crippen LogP contribution in [0.5, 0.6) is 11.5 Å². The van der Waals surface area contributed by atoms with E-state index in [0.29, 0.717) is 16.3 Å². The van der Waals surface area contributed by atoms with Crippen LogP contribution in [0.4, 0.5) is 5.00 Å². The number of anilines is 1. The first-order chi connectivity index (χ1) is 12.4. The third-order valence-corrected chi connectivity index (χ3v) is 4.46. The number of carbonyl (C=O) groups excluding carboxylic acids is 2. The van der Waals surface area contributed by atoms with E-state index in [1.807, 2.05) is 6.07 Å². The van der Waals surface area contributed by atoms with Crippen LogP contribution < -0.4 is 14.8 Å². The summed E-state index contributed by atoms with van der Waals surface area (Å²) in [6.45, 7) is 1.43. The minimum Gasteiger partial charge on any atom is -0.493 e. The maximum atomic E-state index is 12.3. The van der Waals surface area contributed by atoms with Crippen molar-refractivity contribution in [1.29, 1.82) is 5.26 Å². The summed E-state index contributed by atoms with van der Waals surface area (Å²) in [6, 6.07) is 6.32. The summed E-state index contributed by atoms with van der Waals surface area (Å²) in [7, 11) is 2.83. The molecule has 1 amide bonds. The van der Waals surface area contributed by atoms with Gasteiger partial charge in [-0.25, -0.2) is 4.79 Å². The normalized spacial score (nSPS) is 11.2. The van der Waals surface area contributed by atoms with E-state index in [2.05, 4.69) is 5.32 Å². The number of halogens is 1. The van der Waals surface area contributed by atoms with Crippen molar-refractivity contribution >= 4 is 39.8 Å². The molecule has 9 heteroatoms. The fraction of sp³-hybridized carbons (Fsp3) is 0.235. The van der Waals surface area contributed by atoms with E-state index in [4.69, 9.17) is 31.1 Å². The van der Waals surface area contributed by atoms with Gasteiger partial charge in [0.25, 0.3) is 5.91 Å². The molecule has 26 heavy (non-hydrogen) atoms. The Morgan fingerprint density at radius 3 is 2.65 bits per heavy atom. The number of esters is 1. The van der Waals surface area contributed by atoms with Gasteiger partial charge in [0.2, 0.25) is 0 Å². The molecule has 0 aliphatic heterocycles. The van der Waals surface area contributed by atoms with Crippen molar-refractivity contribution in [3.05, 3.63) is 39.7 Å². The molecule has 0 aliphatic carbocycles. The van der Waals surface area contributed by atoms with E-state index in [0.717, 1.165) is 0 Å². The average molecular weight is 395 g/mol. The molecule has 0 fully saturated rings. The van der Waals surface area contributed by atoms with Crippen LogP contribution in [-0.4, -0.2) is 32.2 Å². The first-order valence-electron chi connectivity index (χ1n) is 7.32. The smallest absolute Gasteiger partial charge is 0.339 e. The lowest BCUT2D eigenvalue weighted by Gasteiger charge is -2.15. The lowest BCUT2D eigenvalue weighted by atomic mass is 10.2. The van der Waals surface area contributed by atoms with Crippen LogP contribution in [0.2, 0.25) is 5.02 Å². The fourth-order valence-corrected chi connectivity index (χ4v) is 3.05. The number of benzene rings is 1. The molecule has 0 spiro atoms. The van der Waals surface area contributed by atoms with Gasteiger partial charge < -0.3 is 19.5 Å². The molecule has 2 rings (SSSR count). The second-order valence-corrected chi connectivity index (χ2v) is 6.33. The Bertz CT molecular complexity index is 875. The summed E-state index contributed by atoms with van der Waals surface area (Å²) in [5.74, 6) is -0.745. The van der Waals surface area contributed by atoms with Crippen molar-refractivity contribution in [2.24, 2.45) is 0 Å². The van der Waals surface area contributed by atoms with Crippen molar-refractivity contribution in [1.82, 2.24) is 0 Å². The van der Waals surface area contributed by atoms with Gasteiger partial charge >= 0.3 is 5.97 Å². The molecule has 1 aromatic heterocycles. The minimum absolute atomic E-state index is 0.112. The Labute approximate surface area is 159 Å². The van der Waals surface area contributed by atoms with Crippen LogP contribution in [-0.2, 0) is 9.53 Å². The highest BCUT2D eigenvalue weighted by molar-refractivity contribution is 7.14. The van der Waals surface area contributed by atoms with E-state index in [1.165, 1.54) is 44.6 Å². The van der Waals surface area contributed by atoms with Crippen LogP contribution in [0.1, 0.15) is 22.8 Å². The molecule has 0 bridgehead atoms. The highest BCUT2D eigenvalue weighted by atomic mass is 35.5. The van der Waals surface area contributed by atoms with Crippen molar-refractivity contribution in [3.63, 3.8) is 0 Å². The second-order valence-electron chi connectivity index (χ2n) is 5.01. The molecular formula is C17H15ClN2O5S. The molecule has 0 saturated carbocycles. The molecule has 1 aromatic carbocycles. The van der Waals surface area contributed by atoms with Gasteiger partial charge in [-0.05, 0) is 30.5 Å². The summed E-state index contributed by atoms with van der Waals surface area (Å²) in [5, 5.41) is 13.8. The number of amides is 1. The largest absolute Gasteiger partial charge is 0.493 e. The number of rotatable bonds is 6. The highest BCUT2D eigenvalue weighted by Crippen LogP contribution is 2.36. The number of carbonyl (C=O) groups is 2. The zero-order valence-corrected chi connectivity index (χ0v) is 15.7. The van der Waals surface area contributed by atoms with E-state index in [-0.39, 0.29) is 16.3 Å². The Kier molecular flexibility index (Phi) is 6.44. The Balaban J connectivity index is 2.10. The predicted octanol–water partition coefficient (Wildman–Crippen LogP) is 3.47. The van der Waals surface area contributed by atoms with Crippen molar-refractivity contribution in [2.75, 3.05) is 19.5 Å². The van der Waals surface area contributed by atoms with Gasteiger partial charge in [-0.1, -0.05) is 11.6 Å². The standard InChI is InChI=1S/C17H15ClN2O5S/c1-9(15(21)20-16-10(8-19)4-5-26-16)25-17(22)11-6-12(18)14(24-3)13(7-11)23-2/h4-7,9H,1-3H3,(H,20,21)/t9-/m0/s1. The lowest BCUT2D eigenvalue weighted by Crippen LogP contribution is -2.30. The van der Waals surface area contributed by atoms with Crippen molar-refractivity contribution < 1.29 is 23.8 Å². The SMILES string of the molecule is COc1cc(C(=O)O[C@@H](C)C(=O)Nc2sccc2C#N)cc(Cl)c1OC. The number of thiophene rings is 1. The number of nitrogens with zero attached hydrogens (tertiary/aromatic N) is 1. The number of ether oxygens (including phenoxy) is 3. The van der Waals surface area contributed by atoms with Gasteiger partial charge in [-0.3, -0.25) is 4.79 Å². The highest BCUT2D eigenvalue weighted by Gasteiger charge is 2.22. The third-order valence-electron chi connectivity index (χ3n) is 3.34.